The van der Waals surface area contributed by atoms with E-state index in [0.29, 0.717) is 11.8 Å². The highest BCUT2D eigenvalue weighted by atomic mass is 32.2. The molecule has 0 aliphatic heterocycles. The minimum atomic E-state index is -4.42. The van der Waals surface area contributed by atoms with Gasteiger partial charge in [0, 0.05) is 11.0 Å². The van der Waals surface area contributed by atoms with Gasteiger partial charge in [0.1, 0.15) is 0 Å². The number of hydrogen-bond acceptors (Lipinski definition) is 6. The van der Waals surface area contributed by atoms with Crippen LogP contribution in [0.5, 0.6) is 5.75 Å². The third kappa shape index (κ3) is 5.50. The maximum atomic E-state index is 12.5. The number of benzene rings is 2. The first kappa shape index (κ1) is 20.8. The first-order valence-electron chi connectivity index (χ1n) is 7.17. The molecular formula is C15H13F3N2O5S2. The summed E-state index contributed by atoms with van der Waals surface area (Å²) in [6.07, 6.45) is -4.42. The molecule has 2 aromatic carbocycles. The molecule has 0 fully saturated rings. The van der Waals surface area contributed by atoms with Crippen LogP contribution in [0.3, 0.4) is 0 Å². The molecule has 0 saturated heterocycles. The molecule has 0 amide bonds. The fourth-order valence-corrected chi connectivity index (χ4v) is 3.95. The molecule has 0 aromatic heterocycles. The van der Waals surface area contributed by atoms with E-state index in [1.807, 2.05) is 0 Å². The van der Waals surface area contributed by atoms with Gasteiger partial charge in [0.2, 0.25) is 0 Å². The Kier molecular flexibility index (Phi) is 6.21. The third-order valence-electron chi connectivity index (χ3n) is 3.18. The summed E-state index contributed by atoms with van der Waals surface area (Å²) in [5, 5.41) is 11.1. The predicted molar refractivity (Wildman–Crippen MR) is 93.7 cm³/mol. The normalized spacial score (nSPS) is 11.9. The summed E-state index contributed by atoms with van der Waals surface area (Å²) in [6.45, 7) is 0. The Bertz CT molecular complexity index is 949. The Labute approximate surface area is 156 Å². The van der Waals surface area contributed by atoms with Crippen LogP contribution in [0, 0.1) is 10.1 Å². The van der Waals surface area contributed by atoms with Crippen LogP contribution in [0.4, 0.5) is 24.5 Å². The van der Waals surface area contributed by atoms with Gasteiger partial charge in [-0.25, -0.2) is 8.42 Å². The molecule has 0 aliphatic carbocycles. The van der Waals surface area contributed by atoms with E-state index < -0.39 is 37.5 Å². The monoisotopic (exact) mass is 422 g/mol. The number of nitro benzene ring substituents is 1. The largest absolute Gasteiger partial charge is 0.490 e. The number of hydrogen-bond donors (Lipinski definition) is 1. The topological polar surface area (TPSA) is 98.5 Å². The van der Waals surface area contributed by atoms with E-state index in [2.05, 4.69) is 4.72 Å². The number of para-hydroxylation sites is 1. The van der Waals surface area contributed by atoms with Crippen LogP contribution in [0.15, 0.2) is 52.3 Å². The Balaban J connectivity index is 2.35. The summed E-state index contributed by atoms with van der Waals surface area (Å²) < 4.78 is 69.3. The molecule has 0 radical (unpaired) electrons. The molecule has 7 nitrogen and oxygen atoms in total. The number of halogens is 3. The summed E-state index contributed by atoms with van der Waals surface area (Å²) in [6, 6.07) is 8.59. The van der Waals surface area contributed by atoms with Gasteiger partial charge in [0.25, 0.3) is 10.0 Å². The highest BCUT2D eigenvalue weighted by Gasteiger charge is 2.28. The smallest absolute Gasteiger partial charge is 0.398 e. The van der Waals surface area contributed by atoms with Crippen molar-refractivity contribution in [3.8, 4) is 5.75 Å². The van der Waals surface area contributed by atoms with E-state index in [1.54, 1.807) is 0 Å². The number of alkyl halides is 3. The Morgan fingerprint density at radius 1 is 1.22 bits per heavy atom. The lowest BCUT2D eigenvalue weighted by atomic mass is 10.3. The molecule has 2 rings (SSSR count). The van der Waals surface area contributed by atoms with Crippen molar-refractivity contribution in [1.82, 2.24) is 0 Å². The van der Waals surface area contributed by atoms with E-state index in [4.69, 9.17) is 4.74 Å². The van der Waals surface area contributed by atoms with Crippen molar-refractivity contribution in [2.24, 2.45) is 0 Å². The van der Waals surface area contributed by atoms with E-state index >= 15 is 0 Å². The van der Waals surface area contributed by atoms with E-state index in [-0.39, 0.29) is 16.3 Å². The quantitative estimate of drug-likeness (QED) is 0.411. The lowest BCUT2D eigenvalue weighted by Gasteiger charge is -2.13. The average molecular weight is 422 g/mol. The van der Waals surface area contributed by atoms with Gasteiger partial charge in [-0.05, 0) is 24.3 Å². The van der Waals surface area contributed by atoms with Crippen LogP contribution in [-0.4, -0.2) is 32.4 Å². The fraction of sp³-hybridized carbons (Fsp3) is 0.200. The van der Waals surface area contributed by atoms with E-state index in [9.17, 15) is 31.7 Å². The van der Waals surface area contributed by atoms with Crippen LogP contribution in [0.2, 0.25) is 0 Å². The molecule has 2 aromatic rings. The molecule has 146 valence electrons. The van der Waals surface area contributed by atoms with Gasteiger partial charge in [-0.2, -0.15) is 13.2 Å². The van der Waals surface area contributed by atoms with Crippen molar-refractivity contribution in [3.63, 3.8) is 0 Å². The zero-order valence-corrected chi connectivity index (χ0v) is 15.3. The Morgan fingerprint density at radius 3 is 2.48 bits per heavy atom. The summed E-state index contributed by atoms with van der Waals surface area (Å²) in [4.78, 5) is 9.90. The zero-order chi connectivity index (χ0) is 20.2. The van der Waals surface area contributed by atoms with E-state index in [1.165, 1.54) is 31.4 Å². The average Bonchev–Trinajstić information content (AvgIpc) is 2.59. The van der Waals surface area contributed by atoms with Crippen molar-refractivity contribution < 1.29 is 31.2 Å². The van der Waals surface area contributed by atoms with Crippen LogP contribution in [0.1, 0.15) is 0 Å². The van der Waals surface area contributed by atoms with Gasteiger partial charge in [-0.3, -0.25) is 14.8 Å². The summed E-state index contributed by atoms with van der Waals surface area (Å²) >= 11 is 0.424. The Morgan fingerprint density at radius 2 is 1.89 bits per heavy atom. The fourth-order valence-electron chi connectivity index (χ4n) is 2.02. The van der Waals surface area contributed by atoms with Gasteiger partial charge in [-0.15, -0.1) is 11.8 Å². The molecule has 0 heterocycles. The van der Waals surface area contributed by atoms with Gasteiger partial charge >= 0.3 is 11.9 Å². The molecule has 0 saturated carbocycles. The predicted octanol–water partition coefficient (Wildman–Crippen LogP) is 4.06. The van der Waals surface area contributed by atoms with Crippen LogP contribution in [0.25, 0.3) is 0 Å². The lowest BCUT2D eigenvalue weighted by molar-refractivity contribution is -0.386. The number of thioether (sulfide) groups is 1. The number of rotatable bonds is 7. The van der Waals surface area contributed by atoms with Gasteiger partial charge in [0.15, 0.2) is 5.75 Å². The molecule has 0 unspecified atom stereocenters. The van der Waals surface area contributed by atoms with Gasteiger partial charge in [-0.1, -0.05) is 12.1 Å². The molecule has 0 spiro atoms. The molecule has 27 heavy (non-hydrogen) atoms. The number of nitro groups is 1. The second kappa shape index (κ2) is 8.05. The van der Waals surface area contributed by atoms with Crippen molar-refractivity contribution >= 4 is 33.2 Å². The van der Waals surface area contributed by atoms with E-state index in [0.717, 1.165) is 18.2 Å². The second-order valence-corrected chi connectivity index (χ2v) is 7.80. The number of ether oxygens (including phenoxy) is 1. The highest BCUT2D eigenvalue weighted by molar-refractivity contribution is 7.99. The molecular weight excluding hydrogens is 409 g/mol. The number of anilines is 1. The third-order valence-corrected chi connectivity index (χ3v) is 5.68. The number of nitrogens with one attached hydrogen (secondary N) is 1. The van der Waals surface area contributed by atoms with Gasteiger partial charge < -0.3 is 4.74 Å². The van der Waals surface area contributed by atoms with Crippen molar-refractivity contribution in [3.05, 3.63) is 52.6 Å². The summed E-state index contributed by atoms with van der Waals surface area (Å²) in [5.41, 5.74) is -0.620. The maximum absolute atomic E-state index is 12.5. The second-order valence-electron chi connectivity index (χ2n) is 5.10. The van der Waals surface area contributed by atoms with Crippen LogP contribution >= 0.6 is 11.8 Å². The molecule has 0 bridgehead atoms. The SMILES string of the molecule is COc1ccc(S(=O)(=O)Nc2ccccc2SCC(F)(F)F)cc1[N+](=O)[O-]. The van der Waals surface area contributed by atoms with Crippen molar-refractivity contribution in [2.75, 3.05) is 17.6 Å². The van der Waals surface area contributed by atoms with Gasteiger partial charge in [0.05, 0.1) is 28.4 Å². The zero-order valence-electron chi connectivity index (χ0n) is 13.7. The summed E-state index contributed by atoms with van der Waals surface area (Å²) in [7, 11) is -3.08. The van der Waals surface area contributed by atoms with Crippen LogP contribution in [-0.2, 0) is 10.0 Å². The lowest BCUT2D eigenvalue weighted by Crippen LogP contribution is -2.15. The number of sulfonamides is 1. The molecule has 12 heteroatoms. The number of methoxy groups -OCH3 is 1. The minimum Gasteiger partial charge on any atom is -0.490 e. The molecule has 0 atom stereocenters. The molecule has 0 aliphatic rings. The highest BCUT2D eigenvalue weighted by Crippen LogP contribution is 2.34. The first-order valence-corrected chi connectivity index (χ1v) is 9.64. The minimum absolute atomic E-state index is 0.0646. The standard InChI is InChI=1S/C15H13F3N2O5S2/c1-25-13-7-6-10(8-12(13)20(21)22)27(23,24)19-11-4-2-3-5-14(11)26-9-15(16,17)18/h2-8,19H,9H2,1H3. The maximum Gasteiger partial charge on any atom is 0.398 e. The summed E-state index contributed by atoms with van der Waals surface area (Å²) in [5.74, 6) is -1.32. The molecule has 1 N–H and O–H groups in total. The number of nitrogens with zero attached hydrogens (tertiary/aromatic N) is 1. The van der Waals surface area contributed by atoms with Crippen LogP contribution < -0.4 is 9.46 Å². The van der Waals surface area contributed by atoms with Crippen molar-refractivity contribution in [2.45, 2.75) is 16.0 Å². The first-order chi connectivity index (χ1) is 12.5. The Hall–Kier alpha value is -2.47. The van der Waals surface area contributed by atoms with Crippen molar-refractivity contribution in [1.29, 1.82) is 0 Å².